The van der Waals surface area contributed by atoms with Gasteiger partial charge in [-0.25, -0.2) is 0 Å². The van der Waals surface area contributed by atoms with Crippen LogP contribution in [-0.2, 0) is 10.1 Å². The second kappa shape index (κ2) is 5.80. The molecule has 0 atom stereocenters. The Kier molecular flexibility index (Phi) is 4.08. The monoisotopic (exact) mass is 309 g/mol. The summed E-state index contributed by atoms with van der Waals surface area (Å²) in [4.78, 5) is 9.71. The lowest BCUT2D eigenvalue weighted by Gasteiger charge is -2.07. The van der Waals surface area contributed by atoms with E-state index in [4.69, 9.17) is 8.92 Å². The van der Waals surface area contributed by atoms with Crippen LogP contribution in [0.2, 0.25) is 0 Å². The van der Waals surface area contributed by atoms with Gasteiger partial charge in [0.05, 0.1) is 12.0 Å². The SMILES string of the molecule is COc1ccc(OS(=O)(=O)c2cccc([N+](=O)[O-])c2)cc1. The van der Waals surface area contributed by atoms with E-state index in [1.54, 1.807) is 0 Å². The highest BCUT2D eigenvalue weighted by atomic mass is 32.2. The maximum absolute atomic E-state index is 12.1. The lowest BCUT2D eigenvalue weighted by Crippen LogP contribution is -2.10. The summed E-state index contributed by atoms with van der Waals surface area (Å²) in [5, 5.41) is 10.7. The molecule has 2 rings (SSSR count). The van der Waals surface area contributed by atoms with Gasteiger partial charge in [-0.15, -0.1) is 0 Å². The van der Waals surface area contributed by atoms with Crippen molar-refractivity contribution in [2.45, 2.75) is 4.90 Å². The summed E-state index contributed by atoms with van der Waals surface area (Å²) in [6.07, 6.45) is 0. The average molecular weight is 309 g/mol. The maximum atomic E-state index is 12.1. The molecule has 8 heteroatoms. The molecule has 0 fully saturated rings. The molecule has 0 unspecified atom stereocenters. The van der Waals surface area contributed by atoms with Gasteiger partial charge in [0.1, 0.15) is 16.4 Å². The summed E-state index contributed by atoms with van der Waals surface area (Å²) in [5.41, 5.74) is -0.325. The van der Waals surface area contributed by atoms with Crippen LogP contribution in [0, 0.1) is 10.1 Å². The minimum Gasteiger partial charge on any atom is -0.497 e. The molecule has 0 heterocycles. The van der Waals surface area contributed by atoms with Gasteiger partial charge in [0.15, 0.2) is 0 Å². The first kappa shape index (κ1) is 14.8. The molecule has 2 aromatic carbocycles. The van der Waals surface area contributed by atoms with Crippen molar-refractivity contribution in [3.63, 3.8) is 0 Å². The third kappa shape index (κ3) is 3.48. The van der Waals surface area contributed by atoms with E-state index in [9.17, 15) is 18.5 Å². The van der Waals surface area contributed by atoms with Crippen molar-refractivity contribution >= 4 is 15.8 Å². The molecule has 21 heavy (non-hydrogen) atoms. The molecule has 0 saturated heterocycles. The number of hydrogen-bond donors (Lipinski definition) is 0. The van der Waals surface area contributed by atoms with Gasteiger partial charge in [-0.3, -0.25) is 10.1 Å². The van der Waals surface area contributed by atoms with Crippen molar-refractivity contribution in [1.29, 1.82) is 0 Å². The van der Waals surface area contributed by atoms with Crippen LogP contribution in [0.25, 0.3) is 0 Å². The molecule has 0 aromatic heterocycles. The Bertz CT molecular complexity index is 754. The van der Waals surface area contributed by atoms with Crippen molar-refractivity contribution in [3.05, 3.63) is 58.6 Å². The van der Waals surface area contributed by atoms with Crippen LogP contribution in [0.3, 0.4) is 0 Å². The number of nitro groups is 1. The zero-order valence-corrected chi connectivity index (χ0v) is 11.7. The average Bonchev–Trinajstić information content (AvgIpc) is 2.48. The van der Waals surface area contributed by atoms with Crippen molar-refractivity contribution in [2.24, 2.45) is 0 Å². The van der Waals surface area contributed by atoms with E-state index in [-0.39, 0.29) is 16.3 Å². The Labute approximate surface area is 121 Å². The minimum absolute atomic E-state index is 0.0855. The summed E-state index contributed by atoms with van der Waals surface area (Å²) in [6.45, 7) is 0. The van der Waals surface area contributed by atoms with E-state index < -0.39 is 15.0 Å². The van der Waals surface area contributed by atoms with Gasteiger partial charge in [-0.05, 0) is 30.3 Å². The standard InChI is InChI=1S/C13H11NO6S/c1-19-11-5-7-12(8-6-11)20-21(17,18)13-4-2-3-10(9-13)14(15)16/h2-9H,1H3. The molecule has 0 aliphatic heterocycles. The topological polar surface area (TPSA) is 95.7 Å². The normalized spacial score (nSPS) is 10.9. The predicted octanol–water partition coefficient (Wildman–Crippen LogP) is 2.37. The van der Waals surface area contributed by atoms with Crippen LogP contribution in [0.4, 0.5) is 5.69 Å². The summed E-state index contributed by atoms with van der Waals surface area (Å²) in [7, 11) is -2.65. The van der Waals surface area contributed by atoms with Gasteiger partial charge in [0.25, 0.3) is 5.69 Å². The van der Waals surface area contributed by atoms with E-state index >= 15 is 0 Å². The number of benzene rings is 2. The first-order valence-corrected chi connectivity index (χ1v) is 7.16. The van der Waals surface area contributed by atoms with Crippen LogP contribution in [0.1, 0.15) is 0 Å². The van der Waals surface area contributed by atoms with Gasteiger partial charge in [0, 0.05) is 12.1 Å². The summed E-state index contributed by atoms with van der Waals surface area (Å²) >= 11 is 0. The summed E-state index contributed by atoms with van der Waals surface area (Å²) in [5.74, 6) is 0.636. The van der Waals surface area contributed by atoms with E-state index in [1.807, 2.05) is 0 Å². The third-order valence-electron chi connectivity index (χ3n) is 2.58. The van der Waals surface area contributed by atoms with Crippen LogP contribution in [0.5, 0.6) is 11.5 Å². The maximum Gasteiger partial charge on any atom is 0.339 e. The second-order valence-electron chi connectivity index (χ2n) is 3.97. The van der Waals surface area contributed by atoms with E-state index in [2.05, 4.69) is 0 Å². The molecule has 0 aliphatic carbocycles. The van der Waals surface area contributed by atoms with Crippen molar-refractivity contribution in [1.82, 2.24) is 0 Å². The fourth-order valence-electron chi connectivity index (χ4n) is 1.56. The molecular formula is C13H11NO6S. The highest BCUT2D eigenvalue weighted by Crippen LogP contribution is 2.23. The molecular weight excluding hydrogens is 298 g/mol. The summed E-state index contributed by atoms with van der Waals surface area (Å²) in [6, 6.07) is 10.6. The van der Waals surface area contributed by atoms with Crippen LogP contribution in [0.15, 0.2) is 53.4 Å². The number of nitro benzene ring substituents is 1. The van der Waals surface area contributed by atoms with Crippen molar-refractivity contribution < 1.29 is 22.3 Å². The third-order valence-corrected chi connectivity index (χ3v) is 3.83. The Morgan fingerprint density at radius 2 is 1.67 bits per heavy atom. The van der Waals surface area contributed by atoms with Gasteiger partial charge in [-0.1, -0.05) is 6.07 Å². The second-order valence-corrected chi connectivity index (χ2v) is 5.51. The Morgan fingerprint density at radius 3 is 2.24 bits per heavy atom. The molecule has 0 amide bonds. The van der Waals surface area contributed by atoms with Crippen LogP contribution < -0.4 is 8.92 Å². The first-order valence-electron chi connectivity index (χ1n) is 5.75. The lowest BCUT2D eigenvalue weighted by molar-refractivity contribution is -0.385. The smallest absolute Gasteiger partial charge is 0.339 e. The van der Waals surface area contributed by atoms with E-state index in [0.29, 0.717) is 5.75 Å². The number of methoxy groups -OCH3 is 1. The molecule has 110 valence electrons. The van der Waals surface area contributed by atoms with E-state index in [1.165, 1.54) is 49.6 Å². The minimum atomic E-state index is -4.13. The van der Waals surface area contributed by atoms with Gasteiger partial charge in [0.2, 0.25) is 0 Å². The highest BCUT2D eigenvalue weighted by molar-refractivity contribution is 7.87. The number of rotatable bonds is 5. The van der Waals surface area contributed by atoms with Crippen molar-refractivity contribution in [3.8, 4) is 11.5 Å². The first-order chi connectivity index (χ1) is 9.92. The fourth-order valence-corrected chi connectivity index (χ4v) is 2.53. The molecule has 2 aromatic rings. The predicted molar refractivity (Wildman–Crippen MR) is 73.9 cm³/mol. The van der Waals surface area contributed by atoms with Crippen LogP contribution >= 0.6 is 0 Å². The van der Waals surface area contributed by atoms with Gasteiger partial charge >= 0.3 is 10.1 Å². The Morgan fingerprint density at radius 1 is 1.05 bits per heavy atom. The number of non-ortho nitro benzene ring substituents is 1. The zero-order valence-electron chi connectivity index (χ0n) is 10.9. The molecule has 0 saturated carbocycles. The van der Waals surface area contributed by atoms with E-state index in [0.717, 1.165) is 6.07 Å². The Balaban J connectivity index is 2.29. The molecule has 0 radical (unpaired) electrons. The van der Waals surface area contributed by atoms with Crippen LogP contribution in [-0.4, -0.2) is 20.5 Å². The quantitative estimate of drug-likeness (QED) is 0.478. The highest BCUT2D eigenvalue weighted by Gasteiger charge is 2.19. The Hall–Kier alpha value is -2.61. The van der Waals surface area contributed by atoms with Gasteiger partial charge in [-0.2, -0.15) is 8.42 Å². The largest absolute Gasteiger partial charge is 0.497 e. The lowest BCUT2D eigenvalue weighted by atomic mass is 10.3. The molecule has 0 spiro atoms. The number of hydrogen-bond acceptors (Lipinski definition) is 6. The number of ether oxygens (including phenoxy) is 1. The fraction of sp³-hybridized carbons (Fsp3) is 0.0769. The van der Waals surface area contributed by atoms with Crippen molar-refractivity contribution in [2.75, 3.05) is 7.11 Å². The molecule has 0 bridgehead atoms. The number of nitrogens with zero attached hydrogens (tertiary/aromatic N) is 1. The molecule has 0 aliphatic rings. The van der Waals surface area contributed by atoms with Gasteiger partial charge < -0.3 is 8.92 Å². The summed E-state index contributed by atoms with van der Waals surface area (Å²) < 4.78 is 34.0. The zero-order chi connectivity index (χ0) is 15.5. The molecule has 0 N–H and O–H groups in total. The molecule has 7 nitrogen and oxygen atoms in total.